The van der Waals surface area contributed by atoms with Gasteiger partial charge in [-0.25, -0.2) is 4.98 Å². The van der Waals surface area contributed by atoms with Crippen LogP contribution in [0.25, 0.3) is 0 Å². The molecule has 4 nitrogen and oxygen atoms in total. The molecule has 18 heavy (non-hydrogen) atoms. The van der Waals surface area contributed by atoms with Crippen molar-refractivity contribution in [1.82, 2.24) is 15.6 Å². The zero-order valence-electron chi connectivity index (χ0n) is 10.2. The molecule has 1 aromatic rings. The average Bonchev–Trinajstić information content (AvgIpc) is 2.96. The molecule has 104 valence electrons. The molecule has 2 unspecified atom stereocenters. The van der Waals surface area contributed by atoms with Crippen LogP contribution in [0.1, 0.15) is 30.8 Å². The predicted molar refractivity (Wildman–Crippen MR) is 78.8 cm³/mol. The van der Waals surface area contributed by atoms with Crippen molar-refractivity contribution < 1.29 is 4.79 Å². The second-order valence-electron chi connectivity index (χ2n) is 4.03. The van der Waals surface area contributed by atoms with E-state index >= 15 is 0 Å². The van der Waals surface area contributed by atoms with Crippen LogP contribution >= 0.6 is 36.2 Å². The first-order valence-corrected chi connectivity index (χ1v) is 6.59. The van der Waals surface area contributed by atoms with Crippen LogP contribution in [0.4, 0.5) is 0 Å². The molecule has 2 atom stereocenters. The van der Waals surface area contributed by atoms with Gasteiger partial charge in [-0.2, -0.15) is 0 Å². The Kier molecular flexibility index (Phi) is 8.52. The molecule has 0 saturated carbocycles. The first-order chi connectivity index (χ1) is 7.81. The molecular weight excluding hydrogens is 293 g/mol. The number of hydrogen-bond donors (Lipinski definition) is 2. The molecule has 1 aromatic heterocycles. The highest BCUT2D eigenvalue weighted by atomic mass is 35.5. The Morgan fingerprint density at radius 2 is 2.44 bits per heavy atom. The number of halogens is 2. The molecule has 0 spiro atoms. The van der Waals surface area contributed by atoms with Crippen molar-refractivity contribution in [1.29, 1.82) is 0 Å². The van der Waals surface area contributed by atoms with Crippen LogP contribution < -0.4 is 10.6 Å². The Labute approximate surface area is 124 Å². The van der Waals surface area contributed by atoms with Gasteiger partial charge in [0.25, 0.3) is 0 Å². The lowest BCUT2D eigenvalue weighted by molar-refractivity contribution is -0.125. The molecule has 0 aromatic carbocycles. The van der Waals surface area contributed by atoms with E-state index in [9.17, 15) is 4.79 Å². The second-order valence-corrected chi connectivity index (χ2v) is 4.96. The summed E-state index contributed by atoms with van der Waals surface area (Å²) in [5, 5.41) is 9.23. The average molecular weight is 312 g/mol. The highest BCUT2D eigenvalue weighted by Gasteiger charge is 2.25. The number of carbonyl (C=O) groups is 1. The van der Waals surface area contributed by atoms with Gasteiger partial charge in [0.2, 0.25) is 5.91 Å². The Hall–Kier alpha value is -0.360. The summed E-state index contributed by atoms with van der Waals surface area (Å²) in [4.78, 5) is 16.2. The summed E-state index contributed by atoms with van der Waals surface area (Å²) in [6, 6.07) is 0.0769. The van der Waals surface area contributed by atoms with Crippen molar-refractivity contribution in [3.05, 3.63) is 16.6 Å². The van der Waals surface area contributed by atoms with E-state index in [1.807, 2.05) is 5.38 Å². The van der Waals surface area contributed by atoms with Crippen LogP contribution in [-0.4, -0.2) is 24.0 Å². The van der Waals surface area contributed by atoms with Crippen LogP contribution in [0.3, 0.4) is 0 Å². The van der Waals surface area contributed by atoms with E-state index in [2.05, 4.69) is 22.5 Å². The minimum Gasteiger partial charge on any atom is -0.347 e. The van der Waals surface area contributed by atoms with Crippen molar-refractivity contribution in [2.45, 2.75) is 25.8 Å². The van der Waals surface area contributed by atoms with Gasteiger partial charge in [-0.15, -0.1) is 36.2 Å². The molecule has 0 radical (unpaired) electrons. The molecule has 1 amide bonds. The monoisotopic (exact) mass is 311 g/mol. The summed E-state index contributed by atoms with van der Waals surface area (Å²) in [6.07, 6.45) is 3.62. The number of thiazole rings is 1. The molecule has 7 heteroatoms. The van der Waals surface area contributed by atoms with Gasteiger partial charge in [0.15, 0.2) is 0 Å². The molecule has 0 aliphatic carbocycles. The zero-order valence-corrected chi connectivity index (χ0v) is 12.7. The van der Waals surface area contributed by atoms with Crippen molar-refractivity contribution in [2.75, 3.05) is 13.1 Å². The van der Waals surface area contributed by atoms with Crippen LogP contribution in [0.2, 0.25) is 0 Å². The second kappa shape index (κ2) is 8.69. The maximum atomic E-state index is 11.9. The summed E-state index contributed by atoms with van der Waals surface area (Å²) in [5.74, 6) is 0.293. The van der Waals surface area contributed by atoms with E-state index in [4.69, 9.17) is 0 Å². The van der Waals surface area contributed by atoms with Gasteiger partial charge >= 0.3 is 0 Å². The van der Waals surface area contributed by atoms with Crippen LogP contribution in [0.15, 0.2) is 11.6 Å². The number of nitrogens with one attached hydrogen (secondary N) is 2. The van der Waals surface area contributed by atoms with Crippen molar-refractivity contribution in [3.63, 3.8) is 0 Å². The molecule has 2 N–H and O–H groups in total. The third-order valence-electron chi connectivity index (χ3n) is 2.91. The van der Waals surface area contributed by atoms with E-state index < -0.39 is 0 Å². The third-order valence-corrected chi connectivity index (χ3v) is 3.79. The van der Waals surface area contributed by atoms with E-state index in [1.54, 1.807) is 17.5 Å². The summed E-state index contributed by atoms with van der Waals surface area (Å²) in [7, 11) is 0. The summed E-state index contributed by atoms with van der Waals surface area (Å²) >= 11 is 1.60. The quantitative estimate of drug-likeness (QED) is 0.896. The van der Waals surface area contributed by atoms with Crippen molar-refractivity contribution in [3.8, 4) is 0 Å². The van der Waals surface area contributed by atoms with Gasteiger partial charge in [-0.05, 0) is 19.4 Å². The molecular formula is C11H19Cl2N3OS. The van der Waals surface area contributed by atoms with E-state index in [-0.39, 0.29) is 42.7 Å². The Bertz CT molecular complexity index is 342. The molecule has 2 heterocycles. The summed E-state index contributed by atoms with van der Waals surface area (Å²) < 4.78 is 0. The van der Waals surface area contributed by atoms with Gasteiger partial charge in [-0.3, -0.25) is 4.79 Å². The largest absolute Gasteiger partial charge is 0.347 e. The number of nitrogens with zero attached hydrogens (tertiary/aromatic N) is 1. The van der Waals surface area contributed by atoms with Gasteiger partial charge in [0, 0.05) is 18.1 Å². The fraction of sp³-hybridized carbons (Fsp3) is 0.636. The van der Waals surface area contributed by atoms with Crippen molar-refractivity contribution >= 4 is 42.1 Å². The van der Waals surface area contributed by atoms with Crippen LogP contribution in [0.5, 0.6) is 0 Å². The van der Waals surface area contributed by atoms with Crippen LogP contribution in [-0.2, 0) is 4.79 Å². The zero-order chi connectivity index (χ0) is 11.4. The number of carbonyl (C=O) groups excluding carboxylic acids is 1. The van der Waals surface area contributed by atoms with Crippen LogP contribution in [0, 0.1) is 5.92 Å². The normalized spacial score (nSPS) is 19.5. The Balaban J connectivity index is 0.00000144. The maximum Gasteiger partial charge on any atom is 0.225 e. The molecule has 1 aliphatic heterocycles. The van der Waals surface area contributed by atoms with Gasteiger partial charge in [0.05, 0.1) is 12.0 Å². The highest BCUT2D eigenvalue weighted by Crippen LogP contribution is 2.20. The lowest BCUT2D eigenvalue weighted by Crippen LogP contribution is -2.34. The highest BCUT2D eigenvalue weighted by molar-refractivity contribution is 7.09. The Morgan fingerprint density at radius 3 is 2.94 bits per heavy atom. The molecule has 2 rings (SSSR count). The number of rotatable bonds is 4. The van der Waals surface area contributed by atoms with Gasteiger partial charge < -0.3 is 10.6 Å². The van der Waals surface area contributed by atoms with Gasteiger partial charge in [-0.1, -0.05) is 6.92 Å². The number of aromatic nitrogens is 1. The number of amides is 1. The molecule has 1 aliphatic rings. The van der Waals surface area contributed by atoms with E-state index in [1.165, 1.54) is 0 Å². The standard InChI is InChI=1S/C11H17N3OS.2ClH/c1-2-9(11-13-5-6-16-11)14-10(15)8-3-4-12-7-8;;/h5-6,8-9,12H,2-4,7H2,1H3,(H,14,15);2*1H. The lowest BCUT2D eigenvalue weighted by atomic mass is 10.1. The molecule has 1 fully saturated rings. The van der Waals surface area contributed by atoms with E-state index in [0.717, 1.165) is 30.9 Å². The minimum atomic E-state index is 0. The topological polar surface area (TPSA) is 54.0 Å². The number of hydrogen-bond acceptors (Lipinski definition) is 4. The predicted octanol–water partition coefficient (Wildman–Crippen LogP) is 2.16. The lowest BCUT2D eigenvalue weighted by Gasteiger charge is -2.17. The first-order valence-electron chi connectivity index (χ1n) is 5.71. The SMILES string of the molecule is CCC(NC(=O)C1CCNC1)c1nccs1.Cl.Cl. The summed E-state index contributed by atoms with van der Waals surface area (Å²) in [5.41, 5.74) is 0. The molecule has 0 bridgehead atoms. The fourth-order valence-corrected chi connectivity index (χ4v) is 2.69. The Morgan fingerprint density at radius 1 is 1.67 bits per heavy atom. The third kappa shape index (κ3) is 4.39. The summed E-state index contributed by atoms with van der Waals surface area (Å²) in [6.45, 7) is 3.82. The van der Waals surface area contributed by atoms with Crippen molar-refractivity contribution in [2.24, 2.45) is 5.92 Å². The smallest absolute Gasteiger partial charge is 0.225 e. The maximum absolute atomic E-state index is 11.9. The molecule has 1 saturated heterocycles. The first kappa shape index (κ1) is 17.6. The minimum absolute atomic E-state index is 0. The fourth-order valence-electron chi connectivity index (χ4n) is 1.91. The van der Waals surface area contributed by atoms with Gasteiger partial charge in [0.1, 0.15) is 5.01 Å². The van der Waals surface area contributed by atoms with E-state index in [0.29, 0.717) is 0 Å².